The van der Waals surface area contributed by atoms with Crippen LogP contribution in [0.5, 0.6) is 11.5 Å². The van der Waals surface area contributed by atoms with Gasteiger partial charge in [0, 0.05) is 29.7 Å². The van der Waals surface area contributed by atoms with Crippen molar-refractivity contribution in [3.05, 3.63) is 47.5 Å². The first kappa shape index (κ1) is 22.5. The van der Waals surface area contributed by atoms with Crippen molar-refractivity contribution in [1.29, 1.82) is 0 Å². The van der Waals surface area contributed by atoms with Gasteiger partial charge in [0.05, 0.1) is 37.0 Å². The lowest BCUT2D eigenvalue weighted by atomic mass is 10.2. The van der Waals surface area contributed by atoms with Crippen molar-refractivity contribution in [2.75, 3.05) is 38.8 Å². The summed E-state index contributed by atoms with van der Waals surface area (Å²) in [4.78, 5) is 8.60. The molecule has 1 aliphatic rings. The Bertz CT molecular complexity index is 1090. The zero-order valence-electron chi connectivity index (χ0n) is 17.5. The Morgan fingerprint density at radius 1 is 1.22 bits per heavy atom. The highest BCUT2D eigenvalue weighted by Gasteiger charge is 2.21. The second kappa shape index (κ2) is 10.3. The van der Waals surface area contributed by atoms with Gasteiger partial charge in [-0.25, -0.2) is 14.4 Å². The topological polar surface area (TPSA) is 97.8 Å². The summed E-state index contributed by atoms with van der Waals surface area (Å²) in [7, 11) is 1.56. The molecular weight excluding hydrogens is 439 g/mol. The number of rotatable bonds is 9. The van der Waals surface area contributed by atoms with Crippen LogP contribution >= 0.6 is 11.6 Å². The Hall–Kier alpha value is -2.72. The average molecular weight is 463 g/mol. The van der Waals surface area contributed by atoms with E-state index in [1.54, 1.807) is 25.3 Å². The molecule has 3 N–H and O–H groups in total. The minimum absolute atomic E-state index is 0.0152. The normalized spacial score (nSPS) is 18.1. The molecule has 1 aromatic heterocycles. The van der Waals surface area contributed by atoms with Crippen molar-refractivity contribution in [1.82, 2.24) is 15.3 Å². The molecule has 0 amide bonds. The van der Waals surface area contributed by atoms with Crippen LogP contribution in [-0.2, 0) is 4.74 Å². The summed E-state index contributed by atoms with van der Waals surface area (Å²) in [5.41, 5.74) is 1.25. The smallest absolute Gasteiger partial charge is 0.162 e. The van der Waals surface area contributed by atoms with Crippen molar-refractivity contribution in [2.45, 2.75) is 18.6 Å². The number of nitrogens with one attached hydrogen (secondary N) is 2. The molecule has 1 fully saturated rings. The van der Waals surface area contributed by atoms with E-state index in [-0.39, 0.29) is 17.2 Å². The molecule has 2 atom stereocenters. The quantitative estimate of drug-likeness (QED) is 0.417. The molecule has 1 aliphatic heterocycles. The lowest BCUT2D eigenvalue weighted by molar-refractivity contribution is 0.0831. The van der Waals surface area contributed by atoms with E-state index in [1.807, 2.05) is 0 Å². The molecule has 0 saturated carbocycles. The molecule has 32 heavy (non-hydrogen) atoms. The Balaban J connectivity index is 1.45. The van der Waals surface area contributed by atoms with Crippen LogP contribution in [0.1, 0.15) is 6.42 Å². The summed E-state index contributed by atoms with van der Waals surface area (Å²) in [6.07, 6.45) is 1.81. The molecule has 10 heteroatoms. The molecule has 0 bridgehead atoms. The number of β-amino-alcohol motifs (C(OH)–C–C–N with tert-alkyl or cyclic N) is 1. The van der Waals surface area contributed by atoms with Crippen molar-refractivity contribution in [2.24, 2.45) is 0 Å². The van der Waals surface area contributed by atoms with Crippen LogP contribution < -0.4 is 20.1 Å². The van der Waals surface area contributed by atoms with Gasteiger partial charge < -0.3 is 30.0 Å². The maximum Gasteiger partial charge on any atom is 0.162 e. The maximum atomic E-state index is 13.5. The maximum absolute atomic E-state index is 13.5. The first-order valence-electron chi connectivity index (χ1n) is 10.2. The van der Waals surface area contributed by atoms with Gasteiger partial charge in [0.15, 0.2) is 11.5 Å². The number of fused-ring (bicyclic) bond motifs is 1. The molecule has 2 aromatic carbocycles. The number of halogens is 2. The summed E-state index contributed by atoms with van der Waals surface area (Å²) in [6, 6.07) is 8.06. The van der Waals surface area contributed by atoms with Gasteiger partial charge in [0.1, 0.15) is 24.6 Å². The third kappa shape index (κ3) is 5.36. The van der Waals surface area contributed by atoms with Gasteiger partial charge in [-0.2, -0.15) is 0 Å². The molecule has 0 radical (unpaired) electrons. The van der Waals surface area contributed by atoms with Crippen molar-refractivity contribution in [3.8, 4) is 11.5 Å². The third-order valence-corrected chi connectivity index (χ3v) is 5.40. The molecule has 3 aromatic rings. The van der Waals surface area contributed by atoms with E-state index in [0.29, 0.717) is 66.7 Å². The van der Waals surface area contributed by atoms with E-state index in [4.69, 9.17) is 25.8 Å². The number of methoxy groups -OCH3 is 1. The van der Waals surface area contributed by atoms with Gasteiger partial charge in [0.2, 0.25) is 0 Å². The highest BCUT2D eigenvalue weighted by molar-refractivity contribution is 6.31. The van der Waals surface area contributed by atoms with Gasteiger partial charge in [-0.1, -0.05) is 11.6 Å². The number of hydrogen-bond donors (Lipinski definition) is 3. The van der Waals surface area contributed by atoms with Gasteiger partial charge in [-0.05, 0) is 30.7 Å². The van der Waals surface area contributed by atoms with Crippen LogP contribution in [0, 0.1) is 5.82 Å². The summed E-state index contributed by atoms with van der Waals surface area (Å²) >= 11 is 5.88. The van der Waals surface area contributed by atoms with Crippen molar-refractivity contribution >= 4 is 34.0 Å². The van der Waals surface area contributed by atoms with E-state index in [0.717, 1.165) is 0 Å². The van der Waals surface area contributed by atoms with Crippen LogP contribution in [0.3, 0.4) is 0 Å². The summed E-state index contributed by atoms with van der Waals surface area (Å²) in [5.74, 6) is 1.08. The third-order valence-electron chi connectivity index (χ3n) is 5.11. The molecule has 8 nitrogen and oxygen atoms in total. The second-order valence-electron chi connectivity index (χ2n) is 7.41. The molecule has 2 heterocycles. The average Bonchev–Trinajstić information content (AvgIpc) is 3.21. The Labute approximate surface area is 189 Å². The lowest BCUT2D eigenvalue weighted by Crippen LogP contribution is -2.27. The van der Waals surface area contributed by atoms with Gasteiger partial charge in [-0.15, -0.1) is 0 Å². The number of aromatic nitrogens is 2. The van der Waals surface area contributed by atoms with Gasteiger partial charge >= 0.3 is 0 Å². The molecular formula is C22H24ClFN4O4. The zero-order chi connectivity index (χ0) is 22.5. The van der Waals surface area contributed by atoms with Crippen LogP contribution in [0.25, 0.3) is 10.9 Å². The number of aliphatic hydroxyl groups is 1. The van der Waals surface area contributed by atoms with Crippen LogP contribution in [0.4, 0.5) is 15.9 Å². The molecule has 4 rings (SSSR count). The standard InChI is InChI=1S/C22H24ClFN4O4/c1-30-20-9-19-16(8-21(20)32-5-4-31-11-14-6-15(29)10-25-14)22(27-12-26-19)28-13-2-3-18(24)17(23)7-13/h2-3,7-9,12,14-15,25,29H,4-6,10-11H2,1H3,(H,26,27,28)/t14-,15-/m0/s1. The highest BCUT2D eigenvalue weighted by atomic mass is 35.5. The summed E-state index contributed by atoms with van der Waals surface area (Å²) < 4.78 is 30.5. The molecule has 0 spiro atoms. The van der Waals surface area contributed by atoms with Gasteiger partial charge in [-0.3, -0.25) is 0 Å². The van der Waals surface area contributed by atoms with E-state index in [9.17, 15) is 9.50 Å². The number of benzene rings is 2. The van der Waals surface area contributed by atoms with Crippen molar-refractivity contribution in [3.63, 3.8) is 0 Å². The largest absolute Gasteiger partial charge is 0.493 e. The summed E-state index contributed by atoms with van der Waals surface area (Å²) in [5, 5.41) is 16.6. The fourth-order valence-electron chi connectivity index (χ4n) is 3.51. The van der Waals surface area contributed by atoms with Crippen molar-refractivity contribution < 1.29 is 23.7 Å². The monoisotopic (exact) mass is 462 g/mol. The fourth-order valence-corrected chi connectivity index (χ4v) is 3.69. The number of anilines is 2. The van der Waals surface area contributed by atoms with Crippen LogP contribution in [-0.4, -0.2) is 60.7 Å². The Morgan fingerprint density at radius 2 is 2.09 bits per heavy atom. The van der Waals surface area contributed by atoms with Gasteiger partial charge in [0.25, 0.3) is 0 Å². The lowest BCUT2D eigenvalue weighted by Gasteiger charge is -2.15. The number of aliphatic hydroxyl groups excluding tert-OH is 1. The Morgan fingerprint density at radius 3 is 2.84 bits per heavy atom. The van der Waals surface area contributed by atoms with E-state index in [2.05, 4.69) is 20.6 Å². The Kier molecular flexibility index (Phi) is 7.21. The SMILES string of the molecule is COc1cc2ncnc(Nc3ccc(F)c(Cl)c3)c2cc1OCCOC[C@@H]1C[C@H](O)CN1. The summed E-state index contributed by atoms with van der Waals surface area (Å²) in [6.45, 7) is 1.82. The first-order chi connectivity index (χ1) is 15.5. The van der Waals surface area contributed by atoms with Crippen LogP contribution in [0.2, 0.25) is 5.02 Å². The molecule has 170 valence electrons. The predicted octanol–water partition coefficient (Wildman–Crippen LogP) is 3.29. The van der Waals surface area contributed by atoms with Crippen LogP contribution in [0.15, 0.2) is 36.7 Å². The number of hydrogen-bond acceptors (Lipinski definition) is 8. The minimum atomic E-state index is -0.493. The predicted molar refractivity (Wildman–Crippen MR) is 120 cm³/mol. The van der Waals surface area contributed by atoms with E-state index >= 15 is 0 Å². The van der Waals surface area contributed by atoms with E-state index < -0.39 is 5.82 Å². The van der Waals surface area contributed by atoms with E-state index in [1.165, 1.54) is 18.5 Å². The highest BCUT2D eigenvalue weighted by Crippen LogP contribution is 2.35. The molecule has 1 saturated heterocycles. The number of ether oxygens (including phenoxy) is 3. The zero-order valence-corrected chi connectivity index (χ0v) is 18.2. The first-order valence-corrected chi connectivity index (χ1v) is 10.6. The molecule has 0 aliphatic carbocycles. The molecule has 0 unspecified atom stereocenters. The minimum Gasteiger partial charge on any atom is -0.493 e. The number of nitrogens with zero attached hydrogens (tertiary/aromatic N) is 2. The fraction of sp³-hybridized carbons (Fsp3) is 0.364. The second-order valence-corrected chi connectivity index (χ2v) is 7.82.